The van der Waals surface area contributed by atoms with Crippen LogP contribution in [-0.4, -0.2) is 22.8 Å². The van der Waals surface area contributed by atoms with E-state index in [-0.39, 0.29) is 16.5 Å². The van der Waals surface area contributed by atoms with E-state index < -0.39 is 5.97 Å². The van der Waals surface area contributed by atoms with Gasteiger partial charge in [0.25, 0.3) is 0 Å². The van der Waals surface area contributed by atoms with Gasteiger partial charge in [-0.15, -0.1) is 0 Å². The molecule has 112 valence electrons. The number of methoxy groups -OCH3 is 1. The first kappa shape index (κ1) is 15.1. The molecule has 0 aliphatic rings. The molecule has 5 heteroatoms. The van der Waals surface area contributed by atoms with Gasteiger partial charge in [0, 0.05) is 18.0 Å². The van der Waals surface area contributed by atoms with Crippen molar-refractivity contribution in [2.75, 3.05) is 7.11 Å². The maximum Gasteiger partial charge on any atom is 0.352 e. The van der Waals surface area contributed by atoms with Crippen LogP contribution in [-0.2, 0) is 6.54 Å². The highest BCUT2D eigenvalue weighted by molar-refractivity contribution is 5.92. The van der Waals surface area contributed by atoms with Crippen molar-refractivity contribution in [3.8, 4) is 5.75 Å². The fraction of sp³-hybridized carbons (Fsp3) is 0.375. The van der Waals surface area contributed by atoms with Crippen LogP contribution < -0.4 is 10.2 Å². The minimum atomic E-state index is -1.12. The van der Waals surface area contributed by atoms with Crippen LogP contribution in [0.5, 0.6) is 5.75 Å². The lowest BCUT2D eigenvalue weighted by molar-refractivity contribution is 0.0682. The number of carboxylic acid groups (broad SMARTS) is 1. The van der Waals surface area contributed by atoms with E-state index in [1.165, 1.54) is 13.2 Å². The molecule has 2 aromatic rings. The highest BCUT2D eigenvalue weighted by atomic mass is 16.5. The van der Waals surface area contributed by atoms with Gasteiger partial charge >= 0.3 is 5.97 Å². The molecule has 0 bridgehead atoms. The molecule has 0 aliphatic heterocycles. The summed E-state index contributed by atoms with van der Waals surface area (Å²) < 4.78 is 6.97. The van der Waals surface area contributed by atoms with Crippen molar-refractivity contribution in [3.63, 3.8) is 0 Å². The number of para-hydroxylation sites is 1. The monoisotopic (exact) mass is 289 g/mol. The third-order valence-electron chi connectivity index (χ3n) is 3.16. The van der Waals surface area contributed by atoms with Crippen LogP contribution in [0.3, 0.4) is 0 Å². The first-order valence-corrected chi connectivity index (χ1v) is 6.68. The molecule has 5 nitrogen and oxygen atoms in total. The Morgan fingerprint density at radius 3 is 2.52 bits per heavy atom. The average molecular weight is 289 g/mol. The van der Waals surface area contributed by atoms with Crippen LogP contribution in [0, 0.1) is 5.41 Å². The van der Waals surface area contributed by atoms with E-state index in [9.17, 15) is 14.7 Å². The van der Waals surface area contributed by atoms with Crippen molar-refractivity contribution in [2.24, 2.45) is 5.41 Å². The first-order valence-electron chi connectivity index (χ1n) is 6.68. The second-order valence-corrected chi connectivity index (χ2v) is 6.20. The Morgan fingerprint density at radius 2 is 2.00 bits per heavy atom. The number of carboxylic acids is 1. The lowest BCUT2D eigenvalue weighted by atomic mass is 9.96. The molecule has 0 radical (unpaired) electrons. The summed E-state index contributed by atoms with van der Waals surface area (Å²) >= 11 is 0. The molecule has 0 unspecified atom stereocenters. The topological polar surface area (TPSA) is 68.5 Å². The van der Waals surface area contributed by atoms with Gasteiger partial charge in [-0.1, -0.05) is 26.8 Å². The van der Waals surface area contributed by atoms with Gasteiger partial charge in [0.1, 0.15) is 11.4 Å². The maximum atomic E-state index is 12.2. The molecule has 0 saturated carbocycles. The van der Waals surface area contributed by atoms with Gasteiger partial charge in [-0.2, -0.15) is 0 Å². The summed E-state index contributed by atoms with van der Waals surface area (Å²) in [6.45, 7) is 6.50. The number of hydrogen-bond donors (Lipinski definition) is 1. The third-order valence-corrected chi connectivity index (χ3v) is 3.16. The molecule has 0 spiro atoms. The number of ether oxygens (including phenoxy) is 1. The maximum absolute atomic E-state index is 12.2. The summed E-state index contributed by atoms with van der Waals surface area (Å²) in [4.78, 5) is 23.7. The molecule has 21 heavy (non-hydrogen) atoms. The van der Waals surface area contributed by atoms with Crippen LogP contribution in [0.4, 0.5) is 0 Å². The van der Waals surface area contributed by atoms with Gasteiger partial charge in [0.2, 0.25) is 0 Å². The normalized spacial score (nSPS) is 11.6. The van der Waals surface area contributed by atoms with Gasteiger partial charge in [-0.25, -0.2) is 4.79 Å². The van der Waals surface area contributed by atoms with Gasteiger partial charge in [0.15, 0.2) is 5.43 Å². The van der Waals surface area contributed by atoms with E-state index in [4.69, 9.17) is 4.74 Å². The average Bonchev–Trinajstić information content (AvgIpc) is 2.39. The Bertz CT molecular complexity index is 753. The van der Waals surface area contributed by atoms with Gasteiger partial charge in [-0.3, -0.25) is 4.79 Å². The number of aromatic carboxylic acids is 1. The van der Waals surface area contributed by atoms with E-state index in [0.717, 1.165) is 0 Å². The summed E-state index contributed by atoms with van der Waals surface area (Å²) in [6.07, 6.45) is 0. The molecule has 1 heterocycles. The molecule has 1 aromatic heterocycles. The lowest BCUT2D eigenvalue weighted by Crippen LogP contribution is -2.24. The smallest absolute Gasteiger partial charge is 0.352 e. The van der Waals surface area contributed by atoms with Crippen LogP contribution in [0.1, 0.15) is 31.3 Å². The second-order valence-electron chi connectivity index (χ2n) is 6.20. The Kier molecular flexibility index (Phi) is 3.77. The molecular formula is C16H19NO4. The van der Waals surface area contributed by atoms with Crippen LogP contribution in [0.2, 0.25) is 0 Å². The Labute approximate surface area is 122 Å². The standard InChI is InChI=1S/C16H19NO4/c1-16(2,3)9-17-11(15(19)20)8-12(18)10-6-5-7-13(21-4)14(10)17/h5-8H,9H2,1-4H3,(H,19,20). The molecular weight excluding hydrogens is 270 g/mol. The first-order chi connectivity index (χ1) is 9.74. The third kappa shape index (κ3) is 2.91. The molecule has 2 rings (SSSR count). The van der Waals surface area contributed by atoms with E-state index in [0.29, 0.717) is 23.2 Å². The number of carbonyl (C=O) groups is 1. The largest absolute Gasteiger partial charge is 0.495 e. The van der Waals surface area contributed by atoms with Crippen LogP contribution >= 0.6 is 0 Å². The van der Waals surface area contributed by atoms with Gasteiger partial charge in [-0.05, 0) is 17.5 Å². The van der Waals surface area contributed by atoms with Crippen molar-refractivity contribution >= 4 is 16.9 Å². The summed E-state index contributed by atoms with van der Waals surface area (Å²) in [7, 11) is 1.51. The fourth-order valence-corrected chi connectivity index (χ4v) is 2.38. The summed E-state index contributed by atoms with van der Waals surface area (Å²) in [5, 5.41) is 9.87. The number of hydrogen-bond acceptors (Lipinski definition) is 3. The number of aromatic nitrogens is 1. The number of pyridine rings is 1. The van der Waals surface area contributed by atoms with E-state index in [1.54, 1.807) is 22.8 Å². The summed E-state index contributed by atoms with van der Waals surface area (Å²) in [6, 6.07) is 6.32. The van der Waals surface area contributed by atoms with Gasteiger partial charge in [0.05, 0.1) is 12.6 Å². The van der Waals surface area contributed by atoms with Crippen molar-refractivity contribution in [1.82, 2.24) is 4.57 Å². The number of benzene rings is 1. The minimum Gasteiger partial charge on any atom is -0.495 e. The predicted molar refractivity (Wildman–Crippen MR) is 81.2 cm³/mol. The van der Waals surface area contributed by atoms with Crippen LogP contribution in [0.15, 0.2) is 29.1 Å². The highest BCUT2D eigenvalue weighted by Crippen LogP contribution is 2.28. The number of fused-ring (bicyclic) bond motifs is 1. The van der Waals surface area contributed by atoms with Crippen LogP contribution in [0.25, 0.3) is 10.9 Å². The molecule has 0 fully saturated rings. The lowest BCUT2D eigenvalue weighted by Gasteiger charge is -2.24. The SMILES string of the molecule is COc1cccc2c(=O)cc(C(=O)O)n(CC(C)(C)C)c12. The van der Waals surface area contributed by atoms with Crippen molar-refractivity contribution < 1.29 is 14.6 Å². The highest BCUT2D eigenvalue weighted by Gasteiger charge is 2.21. The fourth-order valence-electron chi connectivity index (χ4n) is 2.38. The minimum absolute atomic E-state index is 0.0214. The van der Waals surface area contributed by atoms with Crippen molar-refractivity contribution in [2.45, 2.75) is 27.3 Å². The molecule has 0 saturated heterocycles. The molecule has 0 atom stereocenters. The summed E-state index contributed by atoms with van der Waals surface area (Å²) in [5.74, 6) is -0.624. The summed E-state index contributed by atoms with van der Waals surface area (Å²) in [5.41, 5.74) is 0.0470. The Balaban J connectivity index is 2.94. The molecule has 1 aromatic carbocycles. The van der Waals surface area contributed by atoms with Crippen molar-refractivity contribution in [1.29, 1.82) is 0 Å². The molecule has 0 amide bonds. The number of nitrogens with zero attached hydrogens (tertiary/aromatic N) is 1. The van der Waals surface area contributed by atoms with Crippen molar-refractivity contribution in [3.05, 3.63) is 40.2 Å². The zero-order valence-corrected chi connectivity index (χ0v) is 12.6. The van der Waals surface area contributed by atoms with E-state index >= 15 is 0 Å². The number of rotatable bonds is 3. The molecule has 0 aliphatic carbocycles. The quantitative estimate of drug-likeness (QED) is 0.943. The second kappa shape index (κ2) is 5.24. The zero-order chi connectivity index (χ0) is 15.8. The van der Waals surface area contributed by atoms with E-state index in [1.807, 2.05) is 20.8 Å². The Morgan fingerprint density at radius 1 is 1.33 bits per heavy atom. The molecule has 1 N–H and O–H groups in total. The zero-order valence-electron chi connectivity index (χ0n) is 12.6. The van der Waals surface area contributed by atoms with Gasteiger partial charge < -0.3 is 14.4 Å². The Hall–Kier alpha value is -2.30. The van der Waals surface area contributed by atoms with E-state index in [2.05, 4.69) is 0 Å². The predicted octanol–water partition coefficient (Wildman–Crippen LogP) is 2.75.